The Morgan fingerprint density at radius 3 is 2.03 bits per heavy atom. The lowest BCUT2D eigenvalue weighted by atomic mass is 10.1. The van der Waals surface area contributed by atoms with Crippen molar-refractivity contribution in [1.29, 1.82) is 0 Å². The smallest absolute Gasteiger partial charge is 0.488 e. The average Bonchev–Trinajstić information content (AvgIpc) is 2.88. The molecule has 0 bridgehead atoms. The van der Waals surface area contributed by atoms with Crippen LogP contribution in [0.5, 0.6) is 0 Å². The summed E-state index contributed by atoms with van der Waals surface area (Å²) in [5.74, 6) is 0.188. The van der Waals surface area contributed by atoms with Crippen LogP contribution >= 0.6 is 8.25 Å². The molecule has 0 saturated carbocycles. The molecule has 2 atom stereocenters. The average molecular weight is 564 g/mol. The minimum Gasteiger partial charge on any atom is -0.566 e. The molecule has 0 radical (unpaired) electrons. The monoisotopic (exact) mass is 563 g/mol. The van der Waals surface area contributed by atoms with Crippen molar-refractivity contribution in [2.75, 3.05) is 25.6 Å². The first-order chi connectivity index (χ1) is 17.8. The summed E-state index contributed by atoms with van der Waals surface area (Å²) in [6, 6.07) is 9.33. The summed E-state index contributed by atoms with van der Waals surface area (Å²) in [5, 5.41) is 9.33. The highest BCUT2D eigenvalue weighted by atomic mass is 32.2. The summed E-state index contributed by atoms with van der Waals surface area (Å²) in [5.41, 5.74) is 1.05. The first kappa shape index (κ1) is 36.1. The van der Waals surface area contributed by atoms with E-state index in [9.17, 15) is 23.0 Å². The first-order valence-electron chi connectivity index (χ1n) is 13.8. The molecule has 1 aromatic rings. The first-order valence-corrected chi connectivity index (χ1v) is 16.6. The second-order valence-electron chi connectivity index (χ2n) is 9.24. The van der Waals surface area contributed by atoms with Crippen molar-refractivity contribution in [3.05, 3.63) is 35.9 Å². The highest BCUT2D eigenvalue weighted by Crippen LogP contribution is 2.11. The molecule has 37 heavy (non-hydrogen) atoms. The van der Waals surface area contributed by atoms with E-state index in [1.54, 1.807) is 0 Å². The predicted octanol–water partition coefficient (Wildman–Crippen LogP) is 5.62. The lowest BCUT2D eigenvalue weighted by molar-refractivity contribution is -0.186. The number of hydrogen-bond donors (Lipinski definition) is 2. The quantitative estimate of drug-likeness (QED) is 0.131. The second kappa shape index (κ2) is 25.4. The lowest BCUT2D eigenvalue weighted by Gasteiger charge is -2.16. The third-order valence-electron chi connectivity index (χ3n) is 5.78. The molecule has 0 saturated heterocycles. The third kappa shape index (κ3) is 25.1. The molecule has 0 spiro atoms. The Morgan fingerprint density at radius 2 is 1.46 bits per heavy atom. The van der Waals surface area contributed by atoms with Crippen molar-refractivity contribution in [2.45, 2.75) is 110 Å². The lowest BCUT2D eigenvalue weighted by Crippen LogP contribution is -2.38. The Morgan fingerprint density at radius 1 is 0.892 bits per heavy atom. The van der Waals surface area contributed by atoms with Crippen molar-refractivity contribution in [3.8, 4) is 0 Å². The third-order valence-corrected chi connectivity index (χ3v) is 7.69. The maximum atomic E-state index is 12.0. The van der Waals surface area contributed by atoms with Crippen molar-refractivity contribution in [2.24, 2.45) is 0 Å². The van der Waals surface area contributed by atoms with Gasteiger partial charge in [-0.2, -0.15) is 0 Å². The van der Waals surface area contributed by atoms with E-state index in [2.05, 4.69) is 23.1 Å². The Balaban J connectivity index is 0.000000785. The Bertz CT molecular complexity index is 750. The molecular weight excluding hydrogens is 513 g/mol. The van der Waals surface area contributed by atoms with Crippen LogP contribution < -0.4 is 9.62 Å². The number of aliphatic hydroxyl groups is 1. The van der Waals surface area contributed by atoms with Gasteiger partial charge in [0.25, 0.3) is 0 Å². The maximum Gasteiger partial charge on any atom is 0.488 e. The molecule has 0 aromatic heterocycles. The van der Waals surface area contributed by atoms with Gasteiger partial charge in [0.2, 0.25) is 10.0 Å². The molecular formula is C27H50NO7PS. The molecule has 1 aromatic carbocycles. The van der Waals surface area contributed by atoms with Gasteiger partial charge < -0.3 is 14.7 Å². The van der Waals surface area contributed by atoms with Crippen LogP contribution in [0.25, 0.3) is 0 Å². The van der Waals surface area contributed by atoms with Gasteiger partial charge in [-0.05, 0) is 23.0 Å². The van der Waals surface area contributed by atoms with Crippen LogP contribution in [0.3, 0.4) is 0 Å². The standard InChI is InChI=1S/C18H39NO3S.C9H11O4P/c1-3-5-7-9-10-11-12-14-16-23(21,22)19-18(17-20)15-13-8-6-4-2;10-14(11)13-7-6-12-8-9-4-2-1-3-5-9/h18-20H,3-17H2,1-2H3;1-5H,6-8H2/t18-;/m0./s1. The zero-order valence-corrected chi connectivity index (χ0v) is 24.7. The second-order valence-corrected chi connectivity index (χ2v) is 11.8. The minimum atomic E-state index is -3.25. The van der Waals surface area contributed by atoms with Gasteiger partial charge in [-0.25, -0.2) is 13.1 Å². The fraction of sp³-hybridized carbons (Fsp3) is 0.778. The number of hydrogen-bond acceptors (Lipinski definition) is 7. The zero-order valence-electron chi connectivity index (χ0n) is 22.9. The fourth-order valence-corrected chi connectivity index (χ4v) is 5.30. The predicted molar refractivity (Wildman–Crippen MR) is 149 cm³/mol. The molecule has 0 fully saturated rings. The molecule has 0 aliphatic rings. The van der Waals surface area contributed by atoms with E-state index in [0.717, 1.165) is 50.5 Å². The van der Waals surface area contributed by atoms with Gasteiger partial charge in [-0.1, -0.05) is 115 Å². The molecule has 216 valence electrons. The molecule has 10 heteroatoms. The molecule has 8 nitrogen and oxygen atoms in total. The van der Waals surface area contributed by atoms with Crippen molar-refractivity contribution < 1.29 is 32.2 Å². The van der Waals surface area contributed by atoms with Crippen molar-refractivity contribution in [1.82, 2.24) is 4.72 Å². The number of aliphatic hydroxyl groups excluding tert-OH is 1. The van der Waals surface area contributed by atoms with Crippen LogP contribution in [-0.2, 0) is 30.5 Å². The number of rotatable bonds is 23. The van der Waals surface area contributed by atoms with Gasteiger partial charge in [0.05, 0.1) is 25.6 Å². The van der Waals surface area contributed by atoms with Crippen LogP contribution in [0.15, 0.2) is 30.3 Å². The van der Waals surface area contributed by atoms with E-state index in [1.165, 1.54) is 38.5 Å². The largest absolute Gasteiger partial charge is 0.566 e. The van der Waals surface area contributed by atoms with Crippen LogP contribution in [0.4, 0.5) is 0 Å². The van der Waals surface area contributed by atoms with Gasteiger partial charge in [-0.3, -0.25) is 0 Å². The van der Waals surface area contributed by atoms with Crippen LogP contribution in [0, 0.1) is 0 Å². The Kier molecular flexibility index (Phi) is 24.7. The molecule has 1 rings (SSSR count). The molecule has 2 N–H and O–H groups in total. The van der Waals surface area contributed by atoms with Crippen LogP contribution in [0.1, 0.15) is 103 Å². The summed E-state index contributed by atoms with van der Waals surface area (Å²) in [6.45, 7) is 5.07. The van der Waals surface area contributed by atoms with Crippen LogP contribution in [-0.4, -0.2) is 45.1 Å². The maximum absolute atomic E-state index is 12.0. The van der Waals surface area contributed by atoms with Crippen molar-refractivity contribution >= 4 is 18.3 Å². The zero-order chi connectivity index (χ0) is 27.6. The van der Waals surface area contributed by atoms with Gasteiger partial charge >= 0.3 is 8.25 Å². The van der Waals surface area contributed by atoms with Crippen molar-refractivity contribution in [3.63, 3.8) is 0 Å². The van der Waals surface area contributed by atoms with Gasteiger partial charge in [-0.15, -0.1) is 4.52 Å². The van der Waals surface area contributed by atoms with E-state index < -0.39 is 18.3 Å². The molecule has 0 amide bonds. The van der Waals surface area contributed by atoms with E-state index in [-0.39, 0.29) is 31.6 Å². The van der Waals surface area contributed by atoms with Crippen LogP contribution in [0.2, 0.25) is 0 Å². The summed E-state index contributed by atoms with van der Waals surface area (Å²) in [4.78, 5) is 9.99. The van der Waals surface area contributed by atoms with E-state index in [0.29, 0.717) is 6.61 Å². The highest BCUT2D eigenvalue weighted by molar-refractivity contribution is 7.89. The van der Waals surface area contributed by atoms with Gasteiger partial charge in [0, 0.05) is 6.04 Å². The van der Waals surface area contributed by atoms with Gasteiger partial charge in [0.1, 0.15) is 6.61 Å². The molecule has 0 aliphatic heterocycles. The summed E-state index contributed by atoms with van der Waals surface area (Å²) < 4.78 is 46.2. The SMILES string of the molecule is CCCCCCCCCCS(=O)(=O)N[C@H](CO)CCCCCC.O=[P+]([O-])OCCOCc1ccccc1. The number of sulfonamides is 1. The number of nitrogens with one attached hydrogen (secondary N) is 1. The number of ether oxygens (including phenoxy) is 1. The van der Waals surface area contributed by atoms with E-state index in [4.69, 9.17) is 4.74 Å². The Labute approximate surface area is 226 Å². The summed E-state index contributed by atoms with van der Waals surface area (Å²) >= 11 is 0. The molecule has 1 unspecified atom stereocenters. The molecule has 0 aliphatic carbocycles. The van der Waals surface area contributed by atoms with E-state index >= 15 is 0 Å². The normalized spacial score (nSPS) is 12.6. The minimum absolute atomic E-state index is 0.0749. The number of benzene rings is 1. The summed E-state index contributed by atoms with van der Waals surface area (Å²) in [7, 11) is -6.00. The molecule has 0 heterocycles. The summed E-state index contributed by atoms with van der Waals surface area (Å²) in [6.07, 6.45) is 14.3. The Hall–Kier alpha value is -0.930. The topological polar surface area (TPSA) is 125 Å². The van der Waals surface area contributed by atoms with E-state index in [1.807, 2.05) is 30.3 Å². The highest BCUT2D eigenvalue weighted by Gasteiger charge is 2.16. The van der Waals surface area contributed by atoms with Gasteiger partial charge in [0.15, 0.2) is 0 Å². The number of unbranched alkanes of at least 4 members (excludes halogenated alkanes) is 10. The fourth-order valence-electron chi connectivity index (χ4n) is 3.68.